The summed E-state index contributed by atoms with van der Waals surface area (Å²) >= 11 is 1.02. The van der Waals surface area contributed by atoms with Crippen molar-refractivity contribution in [2.24, 2.45) is 16.6 Å². The Morgan fingerprint density at radius 3 is 2.75 bits per heavy atom. The number of amidine groups is 1. The molecule has 1 saturated heterocycles. The van der Waals surface area contributed by atoms with Crippen LogP contribution in [0.3, 0.4) is 0 Å². The summed E-state index contributed by atoms with van der Waals surface area (Å²) in [6.07, 6.45) is 3.37. The smallest absolute Gasteiger partial charge is 0.267 e. The van der Waals surface area contributed by atoms with Crippen LogP contribution in [0, 0.1) is 23.2 Å². The number of pyridine rings is 2. The van der Waals surface area contributed by atoms with Crippen LogP contribution in [0.5, 0.6) is 0 Å². The van der Waals surface area contributed by atoms with Crippen LogP contribution in [-0.4, -0.2) is 49.7 Å². The van der Waals surface area contributed by atoms with Crippen molar-refractivity contribution >= 4 is 34.7 Å². The minimum atomic E-state index is -2.94. The van der Waals surface area contributed by atoms with Crippen LogP contribution in [0.1, 0.15) is 42.1 Å². The third-order valence-corrected chi connectivity index (χ3v) is 8.16. The van der Waals surface area contributed by atoms with Gasteiger partial charge >= 0.3 is 0 Å². The number of nitriles is 1. The predicted octanol–water partition coefficient (Wildman–Crippen LogP) is 3.86. The Balaban J connectivity index is 1.47. The Kier molecular flexibility index (Phi) is 5.59. The molecule has 1 aliphatic carbocycles. The molecule has 2 aromatic heterocycles. The molecular formula is C24H20F4N6OS. The second-order valence-corrected chi connectivity index (χ2v) is 10.7. The first-order valence-corrected chi connectivity index (χ1v) is 11.9. The van der Waals surface area contributed by atoms with Gasteiger partial charge in [0.15, 0.2) is 5.17 Å². The summed E-state index contributed by atoms with van der Waals surface area (Å²) in [5.74, 6) is -5.48. The average Bonchev–Trinajstić information content (AvgIpc) is 3.48. The van der Waals surface area contributed by atoms with Crippen LogP contribution in [0.25, 0.3) is 11.9 Å². The van der Waals surface area contributed by atoms with Gasteiger partial charge in [0.05, 0.1) is 23.3 Å². The lowest BCUT2D eigenvalue weighted by Crippen LogP contribution is -2.46. The number of nitrogens with zero attached hydrogens (tertiary/aromatic N) is 5. The summed E-state index contributed by atoms with van der Waals surface area (Å²) in [5, 5.41) is 8.91. The second kappa shape index (κ2) is 8.30. The van der Waals surface area contributed by atoms with E-state index in [2.05, 4.69) is 15.0 Å². The molecule has 12 heteroatoms. The lowest BCUT2D eigenvalue weighted by atomic mass is 9.86. The minimum absolute atomic E-state index is 0.0170. The van der Waals surface area contributed by atoms with E-state index in [1.807, 2.05) is 6.07 Å². The normalized spacial score (nSPS) is 28.8. The van der Waals surface area contributed by atoms with E-state index in [0.29, 0.717) is 0 Å². The van der Waals surface area contributed by atoms with Crippen molar-refractivity contribution in [2.45, 2.75) is 36.0 Å². The maximum Gasteiger partial charge on any atom is 0.267 e. The summed E-state index contributed by atoms with van der Waals surface area (Å²) in [5.41, 5.74) is 5.25. The van der Waals surface area contributed by atoms with Crippen molar-refractivity contribution in [2.75, 3.05) is 13.1 Å². The standard InChI is InChI=1S/C24H20F4N6OS/c1-22(18-8-24(18,36-21(30)33-22)20(35)34-5-4-23(27,28)12-34)15-6-14(11-32-19(15)26)7-16(25)17-3-2-13(9-29)10-31-17/h2-3,6-7,10-11,18H,4-5,8,12H2,1H3,(H2,30,33)/t18-,22+,24-/m0/s1. The van der Waals surface area contributed by atoms with Crippen molar-refractivity contribution in [1.29, 1.82) is 5.26 Å². The largest absolute Gasteiger partial charge is 0.378 e. The van der Waals surface area contributed by atoms with Gasteiger partial charge in [0.1, 0.15) is 16.6 Å². The Morgan fingerprint density at radius 1 is 1.33 bits per heavy atom. The van der Waals surface area contributed by atoms with Gasteiger partial charge in [-0.05, 0) is 43.2 Å². The summed E-state index contributed by atoms with van der Waals surface area (Å²) < 4.78 is 56.2. The zero-order valence-electron chi connectivity index (χ0n) is 19.0. The highest BCUT2D eigenvalue weighted by Crippen LogP contribution is 2.66. The number of halogens is 4. The number of amides is 1. The highest BCUT2D eigenvalue weighted by atomic mass is 32.2. The number of carbonyl (C=O) groups is 1. The number of fused-ring (bicyclic) bond motifs is 1. The van der Waals surface area contributed by atoms with Gasteiger partial charge in [0.2, 0.25) is 11.9 Å². The number of likely N-dealkylation sites (tertiary alicyclic amines) is 1. The van der Waals surface area contributed by atoms with Crippen LogP contribution in [0.2, 0.25) is 0 Å². The molecule has 186 valence electrons. The number of hydrogen-bond donors (Lipinski definition) is 1. The molecular weight excluding hydrogens is 496 g/mol. The molecule has 2 fully saturated rings. The van der Waals surface area contributed by atoms with Crippen molar-refractivity contribution in [3.05, 3.63) is 58.9 Å². The molecule has 2 aromatic rings. The van der Waals surface area contributed by atoms with Gasteiger partial charge in [-0.25, -0.2) is 18.2 Å². The van der Waals surface area contributed by atoms with Gasteiger partial charge in [-0.1, -0.05) is 11.8 Å². The number of aromatic nitrogens is 2. The lowest BCUT2D eigenvalue weighted by molar-refractivity contribution is -0.132. The zero-order chi connectivity index (χ0) is 25.9. The first-order valence-electron chi connectivity index (χ1n) is 11.1. The van der Waals surface area contributed by atoms with Gasteiger partial charge in [-0.15, -0.1) is 0 Å². The highest BCUT2D eigenvalue weighted by Gasteiger charge is 2.72. The topological polar surface area (TPSA) is 108 Å². The number of thioether (sulfide) groups is 1. The highest BCUT2D eigenvalue weighted by molar-refractivity contribution is 8.15. The number of carbonyl (C=O) groups excluding carboxylic acids is 1. The monoisotopic (exact) mass is 516 g/mol. The molecule has 0 aromatic carbocycles. The molecule has 0 radical (unpaired) electrons. The number of hydrogen-bond acceptors (Lipinski definition) is 7. The van der Waals surface area contributed by atoms with E-state index in [1.165, 1.54) is 24.4 Å². The fraction of sp³-hybridized carbons (Fsp3) is 0.375. The maximum absolute atomic E-state index is 15.0. The number of nitrogens with two attached hydrogens (primary N) is 1. The average molecular weight is 517 g/mol. The van der Waals surface area contributed by atoms with E-state index in [4.69, 9.17) is 11.0 Å². The molecule has 0 unspecified atom stereocenters. The minimum Gasteiger partial charge on any atom is -0.378 e. The summed E-state index contributed by atoms with van der Waals surface area (Å²) in [7, 11) is 0. The van der Waals surface area contributed by atoms with Crippen LogP contribution in [0.15, 0.2) is 35.6 Å². The summed E-state index contributed by atoms with van der Waals surface area (Å²) in [6.45, 7) is 0.894. The number of rotatable bonds is 4. The molecule has 36 heavy (non-hydrogen) atoms. The van der Waals surface area contributed by atoms with Gasteiger partial charge in [0, 0.05) is 36.8 Å². The molecule has 3 atom stereocenters. The Bertz CT molecular complexity index is 1360. The second-order valence-electron chi connectivity index (χ2n) is 9.32. The van der Waals surface area contributed by atoms with Gasteiger partial charge in [-0.3, -0.25) is 14.8 Å². The van der Waals surface area contributed by atoms with E-state index >= 15 is 4.39 Å². The molecule has 0 bridgehead atoms. The molecule has 7 nitrogen and oxygen atoms in total. The fourth-order valence-electron chi connectivity index (χ4n) is 4.95. The van der Waals surface area contributed by atoms with E-state index < -0.39 is 52.8 Å². The van der Waals surface area contributed by atoms with Crippen molar-refractivity contribution < 1.29 is 22.4 Å². The number of alkyl halides is 2. The van der Waals surface area contributed by atoms with Gasteiger partial charge in [0.25, 0.3) is 5.92 Å². The van der Waals surface area contributed by atoms with Crippen molar-refractivity contribution in [3.63, 3.8) is 0 Å². The Morgan fingerprint density at radius 2 is 2.11 bits per heavy atom. The Labute approximate surface area is 208 Å². The van der Waals surface area contributed by atoms with Gasteiger partial charge < -0.3 is 10.6 Å². The summed E-state index contributed by atoms with van der Waals surface area (Å²) in [6, 6.07) is 6.05. The van der Waals surface area contributed by atoms with E-state index in [-0.39, 0.29) is 40.5 Å². The molecule has 4 heterocycles. The summed E-state index contributed by atoms with van der Waals surface area (Å²) in [4.78, 5) is 26.5. The van der Waals surface area contributed by atoms with E-state index in [9.17, 15) is 18.0 Å². The first-order chi connectivity index (χ1) is 17.0. The quantitative estimate of drug-likeness (QED) is 0.489. The maximum atomic E-state index is 15.0. The zero-order valence-corrected chi connectivity index (χ0v) is 19.8. The van der Waals surface area contributed by atoms with Crippen LogP contribution < -0.4 is 5.73 Å². The predicted molar refractivity (Wildman–Crippen MR) is 126 cm³/mol. The molecule has 2 aliphatic heterocycles. The fourth-order valence-corrected chi connectivity index (χ4v) is 6.40. The van der Waals surface area contributed by atoms with Crippen LogP contribution in [-0.2, 0) is 10.3 Å². The van der Waals surface area contributed by atoms with Crippen LogP contribution >= 0.6 is 11.8 Å². The van der Waals surface area contributed by atoms with Crippen molar-refractivity contribution in [1.82, 2.24) is 14.9 Å². The Hall–Kier alpha value is -3.46. The van der Waals surface area contributed by atoms with E-state index in [1.54, 1.807) is 6.92 Å². The third kappa shape index (κ3) is 4.01. The van der Waals surface area contributed by atoms with Crippen LogP contribution in [0.4, 0.5) is 17.6 Å². The lowest BCUT2D eigenvalue weighted by Gasteiger charge is -2.34. The molecule has 1 saturated carbocycles. The molecule has 3 aliphatic rings. The van der Waals surface area contributed by atoms with Gasteiger partial charge in [-0.2, -0.15) is 9.65 Å². The SMILES string of the molecule is C[C@]1(c2cc(C=C(F)c3ccc(C#N)cn3)cnc2F)N=C(N)S[C@@]2(C(=O)N3CCC(F)(F)C3)C[C@H]21. The third-order valence-electron chi connectivity index (χ3n) is 6.87. The van der Waals surface area contributed by atoms with E-state index in [0.717, 1.165) is 28.9 Å². The molecule has 5 rings (SSSR count). The first kappa shape index (κ1) is 24.2. The molecule has 1 amide bonds. The van der Waals surface area contributed by atoms with Crippen molar-refractivity contribution in [3.8, 4) is 6.07 Å². The molecule has 0 spiro atoms. The molecule has 2 N–H and O–H groups in total. The number of aliphatic imine (C=N–C) groups is 1.